The standard InChI is InChI=1S/C21H23ClN4O4/c1-23(16-7-9-17(10-8-16)26(29)30)20(27)15-24-11-4-12-25(14-13-24)21(28)18-5-2-3-6-19(18)22/h2-3,5-10H,4,11-15H2,1H3. The Kier molecular flexibility index (Phi) is 7.02. The van der Waals surface area contributed by atoms with Gasteiger partial charge in [0, 0.05) is 51.0 Å². The van der Waals surface area contributed by atoms with Gasteiger partial charge in [-0.15, -0.1) is 0 Å². The minimum absolute atomic E-state index is 0.0182. The normalized spacial score (nSPS) is 14.8. The summed E-state index contributed by atoms with van der Waals surface area (Å²) in [6.45, 7) is 2.61. The Hall–Kier alpha value is -2.97. The molecule has 158 valence electrons. The van der Waals surface area contributed by atoms with Crippen molar-refractivity contribution in [3.63, 3.8) is 0 Å². The molecule has 0 spiro atoms. The topological polar surface area (TPSA) is 87.0 Å². The summed E-state index contributed by atoms with van der Waals surface area (Å²) < 4.78 is 0. The van der Waals surface area contributed by atoms with Gasteiger partial charge in [-0.3, -0.25) is 24.6 Å². The maximum Gasteiger partial charge on any atom is 0.269 e. The largest absolute Gasteiger partial charge is 0.337 e. The minimum atomic E-state index is -0.474. The van der Waals surface area contributed by atoms with Crippen LogP contribution in [0.5, 0.6) is 0 Å². The molecule has 0 aliphatic carbocycles. The summed E-state index contributed by atoms with van der Waals surface area (Å²) in [6, 6.07) is 12.9. The molecule has 2 aromatic rings. The van der Waals surface area contributed by atoms with E-state index in [1.807, 2.05) is 4.90 Å². The summed E-state index contributed by atoms with van der Waals surface area (Å²) in [6.07, 6.45) is 0.755. The van der Waals surface area contributed by atoms with Gasteiger partial charge in [0.2, 0.25) is 5.91 Å². The molecule has 0 atom stereocenters. The second kappa shape index (κ2) is 9.69. The van der Waals surface area contributed by atoms with E-state index in [1.54, 1.807) is 48.3 Å². The summed E-state index contributed by atoms with van der Waals surface area (Å²) in [7, 11) is 1.65. The Morgan fingerprint density at radius 1 is 1.07 bits per heavy atom. The van der Waals surface area contributed by atoms with E-state index in [-0.39, 0.29) is 24.0 Å². The van der Waals surface area contributed by atoms with E-state index in [4.69, 9.17) is 11.6 Å². The Morgan fingerprint density at radius 3 is 2.43 bits per heavy atom. The molecule has 0 aromatic heterocycles. The van der Waals surface area contributed by atoms with Crippen LogP contribution in [-0.2, 0) is 4.79 Å². The molecule has 1 aliphatic heterocycles. The molecule has 0 saturated carbocycles. The van der Waals surface area contributed by atoms with Gasteiger partial charge in [-0.2, -0.15) is 0 Å². The van der Waals surface area contributed by atoms with Crippen molar-refractivity contribution in [2.45, 2.75) is 6.42 Å². The summed E-state index contributed by atoms with van der Waals surface area (Å²) in [5, 5.41) is 11.2. The molecule has 1 fully saturated rings. The second-order valence-electron chi connectivity index (χ2n) is 7.13. The van der Waals surface area contributed by atoms with Crippen molar-refractivity contribution in [1.82, 2.24) is 9.80 Å². The van der Waals surface area contributed by atoms with E-state index in [0.717, 1.165) is 6.42 Å². The third-order valence-electron chi connectivity index (χ3n) is 5.16. The van der Waals surface area contributed by atoms with Crippen LogP contribution < -0.4 is 4.90 Å². The number of nitro groups is 1. The highest BCUT2D eigenvalue weighted by molar-refractivity contribution is 6.33. The molecule has 1 aliphatic rings. The van der Waals surface area contributed by atoms with Crippen LogP contribution in [0.2, 0.25) is 5.02 Å². The zero-order valence-electron chi connectivity index (χ0n) is 16.7. The van der Waals surface area contributed by atoms with E-state index in [2.05, 4.69) is 0 Å². The van der Waals surface area contributed by atoms with Crippen LogP contribution in [0, 0.1) is 10.1 Å². The van der Waals surface area contributed by atoms with E-state index in [9.17, 15) is 19.7 Å². The van der Waals surface area contributed by atoms with Crippen LogP contribution in [0.25, 0.3) is 0 Å². The molecule has 0 N–H and O–H groups in total. The SMILES string of the molecule is CN(C(=O)CN1CCCN(C(=O)c2ccccc2Cl)CC1)c1ccc([N+](=O)[O-])cc1. The number of hydrogen-bond donors (Lipinski definition) is 0. The summed E-state index contributed by atoms with van der Waals surface area (Å²) in [5.41, 5.74) is 1.06. The number of carbonyl (C=O) groups excluding carboxylic acids is 2. The number of halogens is 1. The van der Waals surface area contributed by atoms with Crippen LogP contribution in [0.1, 0.15) is 16.8 Å². The van der Waals surface area contributed by atoms with Crippen molar-refractivity contribution < 1.29 is 14.5 Å². The number of anilines is 1. The van der Waals surface area contributed by atoms with Crippen LogP contribution in [0.3, 0.4) is 0 Å². The molecule has 1 saturated heterocycles. The second-order valence-corrected chi connectivity index (χ2v) is 7.54. The van der Waals surface area contributed by atoms with Gasteiger partial charge < -0.3 is 9.80 Å². The van der Waals surface area contributed by atoms with Gasteiger partial charge in [0.05, 0.1) is 22.1 Å². The number of hydrogen-bond acceptors (Lipinski definition) is 5. The Bertz CT molecular complexity index is 935. The summed E-state index contributed by atoms with van der Waals surface area (Å²) in [5.74, 6) is -0.216. The highest BCUT2D eigenvalue weighted by atomic mass is 35.5. The molecular formula is C21H23ClN4O4. The van der Waals surface area contributed by atoms with Crippen molar-refractivity contribution in [3.8, 4) is 0 Å². The smallest absolute Gasteiger partial charge is 0.269 e. The first-order valence-corrected chi connectivity index (χ1v) is 10.0. The third kappa shape index (κ3) is 5.14. The first kappa shape index (κ1) is 21.7. The van der Waals surface area contributed by atoms with Crippen molar-refractivity contribution in [1.29, 1.82) is 0 Å². The van der Waals surface area contributed by atoms with E-state index in [1.165, 1.54) is 17.0 Å². The molecule has 8 nitrogen and oxygen atoms in total. The number of nitro benzene ring substituents is 1. The van der Waals surface area contributed by atoms with Crippen molar-refractivity contribution >= 4 is 34.8 Å². The highest BCUT2D eigenvalue weighted by Crippen LogP contribution is 2.20. The maximum absolute atomic E-state index is 12.8. The number of likely N-dealkylation sites (N-methyl/N-ethyl adjacent to an activating group) is 1. The lowest BCUT2D eigenvalue weighted by Gasteiger charge is -2.24. The van der Waals surface area contributed by atoms with Gasteiger partial charge in [-0.1, -0.05) is 23.7 Å². The molecule has 0 unspecified atom stereocenters. The number of nitrogens with zero attached hydrogens (tertiary/aromatic N) is 4. The van der Waals surface area contributed by atoms with Gasteiger partial charge in [0.15, 0.2) is 0 Å². The Labute approximate surface area is 179 Å². The molecule has 1 heterocycles. The number of non-ortho nitro benzene ring substituents is 1. The zero-order valence-corrected chi connectivity index (χ0v) is 17.4. The van der Waals surface area contributed by atoms with Gasteiger partial charge in [-0.05, 0) is 30.7 Å². The Balaban J connectivity index is 1.57. The highest BCUT2D eigenvalue weighted by Gasteiger charge is 2.23. The van der Waals surface area contributed by atoms with Crippen molar-refractivity contribution in [2.24, 2.45) is 0 Å². The average Bonchev–Trinajstić information content (AvgIpc) is 2.98. The molecule has 0 radical (unpaired) electrons. The fourth-order valence-corrected chi connectivity index (χ4v) is 3.59. The number of rotatable bonds is 5. The molecule has 30 heavy (non-hydrogen) atoms. The van der Waals surface area contributed by atoms with Crippen LogP contribution >= 0.6 is 11.6 Å². The van der Waals surface area contributed by atoms with Crippen molar-refractivity contribution in [3.05, 3.63) is 69.2 Å². The molecular weight excluding hydrogens is 408 g/mol. The third-order valence-corrected chi connectivity index (χ3v) is 5.49. The molecule has 0 bridgehead atoms. The van der Waals surface area contributed by atoms with Gasteiger partial charge in [-0.25, -0.2) is 0 Å². The molecule has 2 aromatic carbocycles. The molecule has 3 rings (SSSR count). The first-order valence-electron chi connectivity index (χ1n) is 9.64. The minimum Gasteiger partial charge on any atom is -0.337 e. The van der Waals surface area contributed by atoms with E-state index < -0.39 is 4.92 Å². The zero-order chi connectivity index (χ0) is 21.7. The lowest BCUT2D eigenvalue weighted by Crippen LogP contribution is -2.40. The number of benzene rings is 2. The quantitative estimate of drug-likeness (QED) is 0.537. The van der Waals surface area contributed by atoms with Gasteiger partial charge in [0.1, 0.15) is 0 Å². The van der Waals surface area contributed by atoms with Crippen LogP contribution in [0.4, 0.5) is 11.4 Å². The lowest BCUT2D eigenvalue weighted by atomic mass is 10.2. The van der Waals surface area contributed by atoms with Gasteiger partial charge in [0.25, 0.3) is 11.6 Å². The van der Waals surface area contributed by atoms with Gasteiger partial charge >= 0.3 is 0 Å². The average molecular weight is 431 g/mol. The van der Waals surface area contributed by atoms with Crippen LogP contribution in [-0.4, -0.2) is 66.3 Å². The predicted octanol–water partition coefficient (Wildman–Crippen LogP) is 3.06. The van der Waals surface area contributed by atoms with E-state index >= 15 is 0 Å². The monoisotopic (exact) mass is 430 g/mol. The summed E-state index contributed by atoms with van der Waals surface area (Å²) in [4.78, 5) is 41.0. The van der Waals surface area contributed by atoms with E-state index in [0.29, 0.717) is 42.5 Å². The number of amides is 2. The summed E-state index contributed by atoms with van der Waals surface area (Å²) >= 11 is 6.15. The van der Waals surface area contributed by atoms with Crippen molar-refractivity contribution in [2.75, 3.05) is 44.7 Å². The molecule has 2 amide bonds. The fraction of sp³-hybridized carbons (Fsp3) is 0.333. The molecule has 9 heteroatoms. The lowest BCUT2D eigenvalue weighted by molar-refractivity contribution is -0.384. The fourth-order valence-electron chi connectivity index (χ4n) is 3.38. The first-order chi connectivity index (χ1) is 14.4. The number of carbonyl (C=O) groups is 2. The van der Waals surface area contributed by atoms with Crippen LogP contribution in [0.15, 0.2) is 48.5 Å². The predicted molar refractivity (Wildman–Crippen MR) is 115 cm³/mol. The maximum atomic E-state index is 12.8. The Morgan fingerprint density at radius 2 is 1.77 bits per heavy atom.